The van der Waals surface area contributed by atoms with Crippen molar-refractivity contribution in [3.63, 3.8) is 0 Å². The van der Waals surface area contributed by atoms with E-state index in [1.165, 1.54) is 12.1 Å². The van der Waals surface area contributed by atoms with Crippen LogP contribution in [0, 0.1) is 5.82 Å². The van der Waals surface area contributed by atoms with E-state index in [0.29, 0.717) is 28.6 Å². The number of anilines is 1. The van der Waals surface area contributed by atoms with Crippen molar-refractivity contribution in [2.75, 3.05) is 5.73 Å². The summed E-state index contributed by atoms with van der Waals surface area (Å²) >= 11 is 3.38. The first-order valence-electron chi connectivity index (χ1n) is 6.36. The summed E-state index contributed by atoms with van der Waals surface area (Å²) in [6.07, 6.45) is 2.73. The van der Waals surface area contributed by atoms with Crippen molar-refractivity contribution in [1.29, 1.82) is 0 Å². The van der Waals surface area contributed by atoms with Gasteiger partial charge >= 0.3 is 0 Å². The lowest BCUT2D eigenvalue weighted by molar-refractivity contribution is 0.316. The molecule has 108 valence electrons. The number of benzene rings is 1. The number of hydrogen-bond acceptors (Lipinski definition) is 5. The molecule has 3 rings (SSSR count). The SMILES string of the molecule is Nc1ncc2c(n1)CC(c1ccc(F)cc1Br)C/C2=N\O. The molecule has 21 heavy (non-hydrogen) atoms. The molecule has 1 aromatic carbocycles. The molecule has 1 heterocycles. The minimum atomic E-state index is -0.301. The lowest BCUT2D eigenvalue weighted by Gasteiger charge is -2.25. The van der Waals surface area contributed by atoms with E-state index in [0.717, 1.165) is 11.3 Å². The van der Waals surface area contributed by atoms with Crippen molar-refractivity contribution >= 4 is 27.6 Å². The molecule has 0 fully saturated rings. The number of hydrogen-bond donors (Lipinski definition) is 2. The second kappa shape index (κ2) is 5.40. The van der Waals surface area contributed by atoms with Crippen LogP contribution in [0.4, 0.5) is 10.3 Å². The molecule has 0 saturated carbocycles. The molecule has 0 spiro atoms. The summed E-state index contributed by atoms with van der Waals surface area (Å²) in [6.45, 7) is 0. The first kappa shape index (κ1) is 13.9. The van der Waals surface area contributed by atoms with Gasteiger partial charge in [-0.1, -0.05) is 27.2 Å². The third-order valence-corrected chi connectivity index (χ3v) is 4.29. The highest BCUT2D eigenvalue weighted by Gasteiger charge is 2.28. The lowest BCUT2D eigenvalue weighted by Crippen LogP contribution is -2.22. The van der Waals surface area contributed by atoms with Crippen LogP contribution in [0.5, 0.6) is 0 Å². The molecule has 1 aromatic heterocycles. The third-order valence-electron chi connectivity index (χ3n) is 3.60. The molecule has 5 nitrogen and oxygen atoms in total. The number of nitrogen functional groups attached to an aromatic ring is 1. The van der Waals surface area contributed by atoms with Crippen LogP contribution in [-0.4, -0.2) is 20.9 Å². The Morgan fingerprint density at radius 3 is 2.90 bits per heavy atom. The molecule has 0 radical (unpaired) electrons. The maximum Gasteiger partial charge on any atom is 0.220 e. The van der Waals surface area contributed by atoms with Crippen molar-refractivity contribution in [2.45, 2.75) is 18.8 Å². The molecule has 2 aromatic rings. The highest BCUT2D eigenvalue weighted by atomic mass is 79.9. The van der Waals surface area contributed by atoms with Gasteiger partial charge in [-0.15, -0.1) is 0 Å². The van der Waals surface area contributed by atoms with Crippen LogP contribution >= 0.6 is 15.9 Å². The Morgan fingerprint density at radius 1 is 1.38 bits per heavy atom. The van der Waals surface area contributed by atoms with Gasteiger partial charge in [0.25, 0.3) is 0 Å². The van der Waals surface area contributed by atoms with Crippen LogP contribution in [0.3, 0.4) is 0 Å². The fourth-order valence-electron chi connectivity index (χ4n) is 2.63. The van der Waals surface area contributed by atoms with Gasteiger partial charge in [-0.2, -0.15) is 0 Å². The summed E-state index contributed by atoms with van der Waals surface area (Å²) in [4.78, 5) is 8.15. The van der Waals surface area contributed by atoms with E-state index < -0.39 is 0 Å². The van der Waals surface area contributed by atoms with E-state index in [2.05, 4.69) is 31.1 Å². The monoisotopic (exact) mass is 350 g/mol. The number of rotatable bonds is 1. The average molecular weight is 351 g/mol. The molecule has 0 amide bonds. The third kappa shape index (κ3) is 2.61. The highest BCUT2D eigenvalue weighted by Crippen LogP contribution is 2.35. The van der Waals surface area contributed by atoms with Crippen LogP contribution in [-0.2, 0) is 6.42 Å². The quantitative estimate of drug-likeness (QED) is 0.611. The molecule has 1 atom stereocenters. The molecule has 1 aliphatic carbocycles. The predicted molar refractivity (Wildman–Crippen MR) is 79.9 cm³/mol. The van der Waals surface area contributed by atoms with Crippen molar-refractivity contribution in [1.82, 2.24) is 9.97 Å². The number of fused-ring (bicyclic) bond motifs is 1. The number of nitrogens with two attached hydrogens (primary N) is 1. The number of aromatic nitrogens is 2. The summed E-state index contributed by atoms with van der Waals surface area (Å²) in [5.41, 5.74) is 8.52. The lowest BCUT2D eigenvalue weighted by atomic mass is 9.82. The molecule has 0 aliphatic heterocycles. The summed E-state index contributed by atoms with van der Waals surface area (Å²) in [6, 6.07) is 4.57. The van der Waals surface area contributed by atoms with Gasteiger partial charge in [0.15, 0.2) is 0 Å². The van der Waals surface area contributed by atoms with Gasteiger partial charge in [0, 0.05) is 22.7 Å². The smallest absolute Gasteiger partial charge is 0.220 e. The number of nitrogens with zero attached hydrogens (tertiary/aromatic N) is 3. The Bertz CT molecular complexity index is 735. The van der Waals surface area contributed by atoms with Crippen LogP contribution in [0.25, 0.3) is 0 Å². The second-order valence-electron chi connectivity index (χ2n) is 4.91. The largest absolute Gasteiger partial charge is 0.411 e. The molecule has 1 unspecified atom stereocenters. The van der Waals surface area contributed by atoms with E-state index in [1.54, 1.807) is 12.3 Å². The molecule has 3 N–H and O–H groups in total. The number of oxime groups is 1. The summed E-state index contributed by atoms with van der Waals surface area (Å²) < 4.78 is 13.9. The average Bonchev–Trinajstić information content (AvgIpc) is 2.45. The standard InChI is InChI=1S/C14H12BrFN4O/c15-11-5-8(16)1-2-9(11)7-3-12-10(13(4-7)20-21)6-18-14(17)19-12/h1-2,5-7,21H,3-4H2,(H2,17,18,19)/b20-13+. The van der Waals surface area contributed by atoms with Gasteiger partial charge in [0.1, 0.15) is 5.82 Å². The fourth-order valence-corrected chi connectivity index (χ4v) is 3.30. The molecule has 0 bridgehead atoms. The minimum absolute atomic E-state index is 0.0349. The normalized spacial score (nSPS) is 19.5. The molecular formula is C14H12BrFN4O. The van der Waals surface area contributed by atoms with Crippen molar-refractivity contribution in [3.8, 4) is 0 Å². The van der Waals surface area contributed by atoms with Crippen molar-refractivity contribution in [2.24, 2.45) is 5.16 Å². The van der Waals surface area contributed by atoms with E-state index in [4.69, 9.17) is 5.73 Å². The van der Waals surface area contributed by atoms with E-state index >= 15 is 0 Å². The highest BCUT2D eigenvalue weighted by molar-refractivity contribution is 9.10. The van der Waals surface area contributed by atoms with Crippen LogP contribution < -0.4 is 5.73 Å². The summed E-state index contributed by atoms with van der Waals surface area (Å²) in [5, 5.41) is 12.6. The zero-order valence-corrected chi connectivity index (χ0v) is 12.5. The molecule has 7 heteroatoms. The Labute approximate surface area is 128 Å². The summed E-state index contributed by atoms with van der Waals surface area (Å²) in [7, 11) is 0. The van der Waals surface area contributed by atoms with Gasteiger partial charge in [0.05, 0.1) is 11.4 Å². The molecule has 1 aliphatic rings. The Morgan fingerprint density at radius 2 is 2.19 bits per heavy atom. The first-order valence-corrected chi connectivity index (χ1v) is 7.15. The molecule has 0 saturated heterocycles. The second-order valence-corrected chi connectivity index (χ2v) is 5.76. The van der Waals surface area contributed by atoms with Gasteiger partial charge in [-0.25, -0.2) is 14.4 Å². The van der Waals surface area contributed by atoms with E-state index in [9.17, 15) is 9.60 Å². The van der Waals surface area contributed by atoms with Gasteiger partial charge < -0.3 is 10.9 Å². The Kier molecular flexibility index (Phi) is 3.59. The van der Waals surface area contributed by atoms with E-state index in [-0.39, 0.29) is 17.7 Å². The minimum Gasteiger partial charge on any atom is -0.411 e. The Hall–Kier alpha value is -2.02. The summed E-state index contributed by atoms with van der Waals surface area (Å²) in [5.74, 6) is -0.0815. The van der Waals surface area contributed by atoms with Gasteiger partial charge in [-0.3, -0.25) is 0 Å². The van der Waals surface area contributed by atoms with Crippen LogP contribution in [0.1, 0.15) is 29.2 Å². The maximum atomic E-state index is 13.2. The van der Waals surface area contributed by atoms with Crippen molar-refractivity contribution < 1.29 is 9.60 Å². The van der Waals surface area contributed by atoms with E-state index in [1.807, 2.05) is 0 Å². The predicted octanol–water partition coefficient (Wildman–Crippen LogP) is 2.87. The zero-order chi connectivity index (χ0) is 15.0. The fraction of sp³-hybridized carbons (Fsp3) is 0.214. The Balaban J connectivity index is 2.04. The van der Waals surface area contributed by atoms with Gasteiger partial charge in [0.2, 0.25) is 5.95 Å². The van der Waals surface area contributed by atoms with Crippen LogP contribution in [0.2, 0.25) is 0 Å². The molecular weight excluding hydrogens is 339 g/mol. The topological polar surface area (TPSA) is 84.4 Å². The van der Waals surface area contributed by atoms with Gasteiger partial charge in [-0.05, 0) is 30.0 Å². The zero-order valence-electron chi connectivity index (χ0n) is 10.9. The van der Waals surface area contributed by atoms with Crippen molar-refractivity contribution in [3.05, 3.63) is 51.5 Å². The number of halogens is 2. The van der Waals surface area contributed by atoms with Crippen LogP contribution in [0.15, 0.2) is 34.0 Å². The maximum absolute atomic E-state index is 13.2. The first-order chi connectivity index (χ1) is 10.1.